The van der Waals surface area contributed by atoms with Gasteiger partial charge in [-0.3, -0.25) is 4.98 Å². The summed E-state index contributed by atoms with van der Waals surface area (Å²) in [5, 5.41) is 9.19. The zero-order chi connectivity index (χ0) is 30.8. The smallest absolute Gasteiger partial charge is 0.223 e. The van der Waals surface area contributed by atoms with Crippen LogP contribution in [-0.4, -0.2) is 87.2 Å². The van der Waals surface area contributed by atoms with Gasteiger partial charge in [0.25, 0.3) is 0 Å². The van der Waals surface area contributed by atoms with E-state index in [1.54, 1.807) is 12.4 Å². The van der Waals surface area contributed by atoms with Crippen LogP contribution >= 0.6 is 34.3 Å². The number of nitrogens with two attached hydrogens (primary N) is 2. The number of anilines is 4. The molecule has 16 heteroatoms. The fraction of sp³-hybridized carbons (Fsp3) is 0.276. The first-order chi connectivity index (χ1) is 22.0. The Morgan fingerprint density at radius 3 is 1.51 bits per heavy atom. The van der Waals surface area contributed by atoms with Gasteiger partial charge in [-0.15, -0.1) is 0 Å². The Kier molecular flexibility index (Phi) is 8.49. The second-order valence-corrected chi connectivity index (χ2v) is 12.8. The molecule has 6 N–H and O–H groups in total. The Labute approximate surface area is 271 Å². The molecule has 0 aliphatic carbocycles. The molecular formula is C29H30ClN13S2. The number of nitrogens with one attached hydrogen (secondary N) is 2. The molecule has 0 atom stereocenters. The van der Waals surface area contributed by atoms with Crippen molar-refractivity contribution in [2.24, 2.45) is 0 Å². The van der Waals surface area contributed by atoms with Crippen LogP contribution in [0.2, 0.25) is 5.02 Å². The van der Waals surface area contributed by atoms with Crippen LogP contribution in [0.5, 0.6) is 0 Å². The van der Waals surface area contributed by atoms with E-state index in [4.69, 9.17) is 33.0 Å². The van der Waals surface area contributed by atoms with E-state index >= 15 is 0 Å². The molecule has 2 fully saturated rings. The van der Waals surface area contributed by atoms with Crippen molar-refractivity contribution < 1.29 is 0 Å². The minimum Gasteiger partial charge on any atom is -0.368 e. The molecule has 45 heavy (non-hydrogen) atoms. The number of hydrogen-bond acceptors (Lipinski definition) is 15. The maximum Gasteiger partial charge on any atom is 0.223 e. The predicted molar refractivity (Wildman–Crippen MR) is 183 cm³/mol. The highest BCUT2D eigenvalue weighted by Gasteiger charge is 2.21. The summed E-state index contributed by atoms with van der Waals surface area (Å²) >= 11 is 9.01. The summed E-state index contributed by atoms with van der Waals surface area (Å²) in [5.74, 6) is 2.24. The third-order valence-corrected chi connectivity index (χ3v) is 9.62. The highest BCUT2D eigenvalue weighted by Crippen LogP contribution is 2.35. The van der Waals surface area contributed by atoms with E-state index in [0.717, 1.165) is 106 Å². The molecule has 0 radical (unpaired) electrons. The molecule has 2 saturated heterocycles. The van der Waals surface area contributed by atoms with Crippen molar-refractivity contribution in [1.29, 1.82) is 0 Å². The Hall–Kier alpha value is -4.28. The lowest BCUT2D eigenvalue weighted by molar-refractivity contribution is 0.586. The number of hydrogen-bond donors (Lipinski definition) is 4. The van der Waals surface area contributed by atoms with Crippen molar-refractivity contribution in [3.8, 4) is 21.1 Å². The summed E-state index contributed by atoms with van der Waals surface area (Å²) in [7, 11) is 0. The number of benzene rings is 1. The van der Waals surface area contributed by atoms with E-state index in [1.165, 1.54) is 22.7 Å². The van der Waals surface area contributed by atoms with Gasteiger partial charge in [0, 0.05) is 80.9 Å². The number of nitrogens with zero attached hydrogens (tertiary/aromatic N) is 9. The van der Waals surface area contributed by atoms with E-state index in [9.17, 15) is 0 Å². The first-order valence-electron chi connectivity index (χ1n) is 14.5. The maximum absolute atomic E-state index is 5.96. The van der Waals surface area contributed by atoms with Crippen LogP contribution in [0.4, 0.5) is 23.5 Å². The molecule has 2 aliphatic rings. The van der Waals surface area contributed by atoms with Gasteiger partial charge in [0.05, 0.1) is 0 Å². The average molecular weight is 660 g/mol. The largest absolute Gasteiger partial charge is 0.368 e. The van der Waals surface area contributed by atoms with Crippen molar-refractivity contribution in [1.82, 2.24) is 45.5 Å². The van der Waals surface area contributed by atoms with E-state index in [0.29, 0.717) is 11.0 Å². The summed E-state index contributed by atoms with van der Waals surface area (Å²) in [5.41, 5.74) is 15.5. The van der Waals surface area contributed by atoms with Gasteiger partial charge >= 0.3 is 0 Å². The van der Waals surface area contributed by atoms with Crippen LogP contribution < -0.4 is 31.9 Å². The van der Waals surface area contributed by atoms with E-state index in [-0.39, 0.29) is 5.95 Å². The molecule has 7 heterocycles. The SMILES string of the molecule is Nc1nc(N2CCNCC2)c2nc(-c3ccc(Cl)cc3)sc2n1.Nc1nc(N2CCNCC2)c2nc(-c3ccncc3)sc2n1. The molecule has 0 spiro atoms. The van der Waals surface area contributed by atoms with Crippen LogP contribution in [0.3, 0.4) is 0 Å². The minimum absolute atomic E-state index is 0.289. The molecule has 8 rings (SSSR count). The van der Waals surface area contributed by atoms with Gasteiger partial charge in [0.2, 0.25) is 11.9 Å². The maximum atomic E-state index is 5.96. The molecule has 13 nitrogen and oxygen atoms in total. The van der Waals surface area contributed by atoms with Gasteiger partial charge in [0.1, 0.15) is 21.0 Å². The second kappa shape index (κ2) is 13.0. The van der Waals surface area contributed by atoms with E-state index in [2.05, 4.69) is 45.4 Å². The molecule has 1 aromatic carbocycles. The highest BCUT2D eigenvalue weighted by molar-refractivity contribution is 7.21. The number of piperazine rings is 2. The third kappa shape index (κ3) is 6.43. The Bertz CT molecular complexity index is 1920. The number of halogens is 1. The van der Waals surface area contributed by atoms with Crippen molar-refractivity contribution in [2.45, 2.75) is 0 Å². The van der Waals surface area contributed by atoms with Crippen LogP contribution in [-0.2, 0) is 0 Å². The number of thiazole rings is 2. The molecule has 2 aliphatic heterocycles. The van der Waals surface area contributed by atoms with Crippen LogP contribution in [0.1, 0.15) is 0 Å². The van der Waals surface area contributed by atoms with Crippen molar-refractivity contribution in [2.75, 3.05) is 73.6 Å². The second-order valence-electron chi connectivity index (χ2n) is 10.4. The quantitative estimate of drug-likeness (QED) is 0.217. The number of fused-ring (bicyclic) bond motifs is 2. The minimum atomic E-state index is 0.289. The number of nitrogen functional groups attached to an aromatic ring is 2. The van der Waals surface area contributed by atoms with Crippen molar-refractivity contribution in [3.63, 3.8) is 0 Å². The Morgan fingerprint density at radius 2 is 1.04 bits per heavy atom. The third-order valence-electron chi connectivity index (χ3n) is 7.37. The normalized spacial score (nSPS) is 15.3. The molecule has 5 aromatic heterocycles. The lowest BCUT2D eigenvalue weighted by Crippen LogP contribution is -2.44. The average Bonchev–Trinajstić information content (AvgIpc) is 3.71. The molecule has 0 unspecified atom stereocenters. The number of rotatable bonds is 4. The summed E-state index contributed by atoms with van der Waals surface area (Å²) in [6.07, 6.45) is 3.53. The molecule has 230 valence electrons. The van der Waals surface area contributed by atoms with E-state index < -0.39 is 0 Å². The van der Waals surface area contributed by atoms with Gasteiger partial charge < -0.3 is 31.9 Å². The van der Waals surface area contributed by atoms with Crippen LogP contribution in [0.15, 0.2) is 48.8 Å². The zero-order valence-corrected chi connectivity index (χ0v) is 26.5. The number of aromatic nitrogens is 7. The molecular weight excluding hydrogens is 630 g/mol. The lowest BCUT2D eigenvalue weighted by atomic mass is 10.2. The molecule has 0 amide bonds. The van der Waals surface area contributed by atoms with Gasteiger partial charge in [0.15, 0.2) is 21.3 Å². The summed E-state index contributed by atoms with van der Waals surface area (Å²) in [6, 6.07) is 11.5. The monoisotopic (exact) mass is 659 g/mol. The fourth-order valence-corrected chi connectivity index (χ4v) is 7.20. The zero-order valence-electron chi connectivity index (χ0n) is 24.1. The summed E-state index contributed by atoms with van der Waals surface area (Å²) in [4.78, 5) is 37.2. The van der Waals surface area contributed by atoms with Crippen molar-refractivity contribution in [3.05, 3.63) is 53.8 Å². The fourth-order valence-electron chi connectivity index (χ4n) is 5.18. The molecule has 6 aromatic rings. The lowest BCUT2D eigenvalue weighted by Gasteiger charge is -2.28. The predicted octanol–water partition coefficient (Wildman–Crippen LogP) is 3.54. The van der Waals surface area contributed by atoms with Crippen molar-refractivity contribution >= 4 is 78.5 Å². The Balaban J connectivity index is 0.000000145. The van der Waals surface area contributed by atoms with Gasteiger partial charge in [-0.05, 0) is 24.3 Å². The summed E-state index contributed by atoms with van der Waals surface area (Å²) < 4.78 is 0. The van der Waals surface area contributed by atoms with Gasteiger partial charge in [-0.1, -0.05) is 46.4 Å². The molecule has 0 saturated carbocycles. The van der Waals surface area contributed by atoms with Crippen LogP contribution in [0, 0.1) is 0 Å². The van der Waals surface area contributed by atoms with Gasteiger partial charge in [-0.2, -0.15) is 9.97 Å². The molecule has 0 bridgehead atoms. The highest BCUT2D eigenvalue weighted by atomic mass is 35.5. The number of pyridine rings is 1. The Morgan fingerprint density at radius 1 is 0.600 bits per heavy atom. The first kappa shape index (κ1) is 29.4. The van der Waals surface area contributed by atoms with Gasteiger partial charge in [-0.25, -0.2) is 19.9 Å². The topological polar surface area (TPSA) is 173 Å². The summed E-state index contributed by atoms with van der Waals surface area (Å²) in [6.45, 7) is 7.30. The standard InChI is InChI=1S/C15H15ClN6S.C14H15N7S/c16-10-3-1-9(2-4-10)13-19-11-12(22-7-5-18-6-8-22)20-15(17)21-14(11)23-13;15-14-19-11(21-7-5-17-6-8-21)10-13(20-14)22-12(18-10)9-1-3-16-4-2-9/h1-4,18H,5-8H2,(H2,17,20,21);1-4,17H,5-8H2,(H2,15,19,20). The first-order valence-corrected chi connectivity index (χ1v) is 16.5. The van der Waals surface area contributed by atoms with Crippen LogP contribution in [0.25, 0.3) is 41.8 Å². The van der Waals surface area contributed by atoms with E-state index in [1.807, 2.05) is 36.4 Å².